The number of hydrogen-bond donors (Lipinski definition) is 1. The molecule has 1 atom stereocenters. The summed E-state index contributed by atoms with van der Waals surface area (Å²) in [5.74, 6) is 0.228. The number of rotatable bonds is 4. The van der Waals surface area contributed by atoms with Gasteiger partial charge >= 0.3 is 0 Å². The second kappa shape index (κ2) is 6.20. The molecule has 0 amide bonds. The minimum Gasteiger partial charge on any atom is -0.388 e. The van der Waals surface area contributed by atoms with Gasteiger partial charge in [-0.2, -0.15) is 5.10 Å². The number of aliphatic hydroxyl groups is 1. The Morgan fingerprint density at radius 1 is 1.24 bits per heavy atom. The van der Waals surface area contributed by atoms with Crippen LogP contribution in [0.5, 0.6) is 0 Å². The molecule has 1 heterocycles. The molecular formula is C17H23ClN2O. The smallest absolute Gasteiger partial charge is 0.132 e. The molecule has 1 unspecified atom stereocenters. The van der Waals surface area contributed by atoms with Gasteiger partial charge in [-0.25, -0.2) is 0 Å². The summed E-state index contributed by atoms with van der Waals surface area (Å²) >= 11 is 6.34. The molecule has 114 valence electrons. The van der Waals surface area contributed by atoms with Gasteiger partial charge in [-0.1, -0.05) is 43.6 Å². The van der Waals surface area contributed by atoms with E-state index in [0.717, 1.165) is 11.3 Å². The zero-order chi connectivity index (χ0) is 15.7. The Morgan fingerprint density at radius 3 is 2.33 bits per heavy atom. The van der Waals surface area contributed by atoms with Crippen LogP contribution in [0.15, 0.2) is 18.2 Å². The number of halogens is 1. The molecule has 0 spiro atoms. The van der Waals surface area contributed by atoms with Gasteiger partial charge < -0.3 is 5.11 Å². The lowest BCUT2D eigenvalue weighted by molar-refractivity contribution is 0.176. The van der Waals surface area contributed by atoms with Crippen molar-refractivity contribution in [1.29, 1.82) is 0 Å². The van der Waals surface area contributed by atoms with Crippen molar-refractivity contribution in [2.24, 2.45) is 7.05 Å². The summed E-state index contributed by atoms with van der Waals surface area (Å²) in [6.07, 6.45) is -0.0766. The first-order valence-electron chi connectivity index (χ1n) is 7.28. The number of aryl methyl sites for hydroxylation is 3. The SMILES string of the molecule is Cc1cccc(C)c1CC(O)c1c(C(C)C)nn(C)c1Cl. The van der Waals surface area contributed by atoms with Crippen molar-refractivity contribution >= 4 is 11.6 Å². The van der Waals surface area contributed by atoms with Gasteiger partial charge in [0.15, 0.2) is 0 Å². The average molecular weight is 307 g/mol. The van der Waals surface area contributed by atoms with Gasteiger partial charge in [0.25, 0.3) is 0 Å². The Hall–Kier alpha value is -1.32. The first-order valence-corrected chi connectivity index (χ1v) is 7.66. The standard InChI is InChI=1S/C17H23ClN2O/c1-10(2)16-15(17(18)20(5)19-16)14(21)9-13-11(3)7-6-8-12(13)4/h6-8,10,14,21H,9H2,1-5H3. The van der Waals surface area contributed by atoms with Crippen LogP contribution in [0.25, 0.3) is 0 Å². The molecule has 0 saturated heterocycles. The van der Waals surface area contributed by atoms with Crippen molar-refractivity contribution in [3.05, 3.63) is 51.3 Å². The Balaban J connectivity index is 2.39. The molecule has 2 aromatic rings. The number of aliphatic hydroxyl groups excluding tert-OH is 1. The van der Waals surface area contributed by atoms with Crippen molar-refractivity contribution in [2.75, 3.05) is 0 Å². The van der Waals surface area contributed by atoms with Gasteiger partial charge in [0.2, 0.25) is 0 Å². The van der Waals surface area contributed by atoms with Crippen LogP contribution < -0.4 is 0 Å². The highest BCUT2D eigenvalue weighted by atomic mass is 35.5. The number of benzene rings is 1. The van der Waals surface area contributed by atoms with Crippen molar-refractivity contribution in [3.63, 3.8) is 0 Å². The quantitative estimate of drug-likeness (QED) is 0.924. The molecule has 1 N–H and O–H groups in total. The lowest BCUT2D eigenvalue weighted by Crippen LogP contribution is -2.08. The summed E-state index contributed by atoms with van der Waals surface area (Å²) in [5.41, 5.74) is 5.21. The normalized spacial score (nSPS) is 13.0. The van der Waals surface area contributed by atoms with Crippen LogP contribution in [-0.2, 0) is 13.5 Å². The highest BCUT2D eigenvalue weighted by Crippen LogP contribution is 2.33. The lowest BCUT2D eigenvalue weighted by Gasteiger charge is -2.16. The second-order valence-electron chi connectivity index (χ2n) is 5.96. The van der Waals surface area contributed by atoms with Crippen molar-refractivity contribution in [2.45, 2.75) is 46.1 Å². The molecule has 1 aromatic carbocycles. The van der Waals surface area contributed by atoms with E-state index in [0.29, 0.717) is 11.6 Å². The molecule has 0 saturated carbocycles. The third-order valence-corrected chi connectivity index (χ3v) is 4.41. The maximum absolute atomic E-state index is 10.7. The van der Waals surface area contributed by atoms with E-state index in [-0.39, 0.29) is 5.92 Å². The predicted molar refractivity (Wildman–Crippen MR) is 86.9 cm³/mol. The molecule has 4 heteroatoms. The van der Waals surface area contributed by atoms with Crippen molar-refractivity contribution < 1.29 is 5.11 Å². The monoisotopic (exact) mass is 306 g/mol. The summed E-state index contributed by atoms with van der Waals surface area (Å²) in [7, 11) is 1.81. The van der Waals surface area contributed by atoms with E-state index in [1.165, 1.54) is 16.7 Å². The lowest BCUT2D eigenvalue weighted by atomic mass is 9.93. The highest BCUT2D eigenvalue weighted by molar-refractivity contribution is 6.30. The Kier molecular flexibility index (Phi) is 4.74. The van der Waals surface area contributed by atoms with Crippen LogP contribution in [-0.4, -0.2) is 14.9 Å². The summed E-state index contributed by atoms with van der Waals surface area (Å²) in [5, 5.41) is 15.7. The maximum Gasteiger partial charge on any atom is 0.132 e. The first kappa shape index (κ1) is 16.1. The number of hydrogen-bond acceptors (Lipinski definition) is 2. The zero-order valence-electron chi connectivity index (χ0n) is 13.3. The highest BCUT2D eigenvalue weighted by Gasteiger charge is 2.24. The van der Waals surface area contributed by atoms with Crippen LogP contribution >= 0.6 is 11.6 Å². The Morgan fingerprint density at radius 2 is 1.81 bits per heavy atom. The van der Waals surface area contributed by atoms with Crippen LogP contribution in [0, 0.1) is 13.8 Å². The third-order valence-electron chi connectivity index (χ3n) is 3.96. The van der Waals surface area contributed by atoms with Crippen LogP contribution in [0.3, 0.4) is 0 Å². The topological polar surface area (TPSA) is 38.1 Å². The molecular weight excluding hydrogens is 284 g/mol. The number of nitrogens with zero attached hydrogens (tertiary/aromatic N) is 2. The van der Waals surface area contributed by atoms with Gasteiger partial charge in [-0.3, -0.25) is 4.68 Å². The molecule has 21 heavy (non-hydrogen) atoms. The fourth-order valence-corrected chi connectivity index (χ4v) is 3.00. The average Bonchev–Trinajstić information content (AvgIpc) is 2.71. The van der Waals surface area contributed by atoms with Gasteiger partial charge in [0.05, 0.1) is 11.8 Å². The summed E-state index contributed by atoms with van der Waals surface area (Å²) in [4.78, 5) is 0. The van der Waals surface area contributed by atoms with E-state index in [1.807, 2.05) is 13.1 Å². The summed E-state index contributed by atoms with van der Waals surface area (Å²) in [6, 6.07) is 6.18. The van der Waals surface area contributed by atoms with Crippen molar-refractivity contribution in [3.8, 4) is 0 Å². The second-order valence-corrected chi connectivity index (χ2v) is 6.32. The van der Waals surface area contributed by atoms with Crippen LogP contribution in [0.1, 0.15) is 53.8 Å². The molecule has 1 aromatic heterocycles. The van der Waals surface area contributed by atoms with E-state index in [1.54, 1.807) is 4.68 Å². The van der Waals surface area contributed by atoms with Gasteiger partial charge in [-0.05, 0) is 36.5 Å². The molecule has 0 bridgehead atoms. The first-order chi connectivity index (χ1) is 9.82. The molecule has 3 nitrogen and oxygen atoms in total. The summed E-state index contributed by atoms with van der Waals surface area (Å²) in [6.45, 7) is 8.27. The Bertz CT molecular complexity index is 626. The summed E-state index contributed by atoms with van der Waals surface area (Å²) < 4.78 is 1.64. The third kappa shape index (κ3) is 3.14. The molecule has 0 aliphatic carbocycles. The molecule has 2 rings (SSSR count). The van der Waals surface area contributed by atoms with E-state index >= 15 is 0 Å². The predicted octanol–water partition coefficient (Wildman–Crippen LogP) is 4.09. The Labute approximate surface area is 131 Å². The van der Waals surface area contributed by atoms with Gasteiger partial charge in [-0.15, -0.1) is 0 Å². The number of aromatic nitrogens is 2. The van der Waals surface area contributed by atoms with E-state index in [9.17, 15) is 5.11 Å². The molecule has 0 aliphatic heterocycles. The van der Waals surface area contributed by atoms with Gasteiger partial charge in [0.1, 0.15) is 5.15 Å². The van der Waals surface area contributed by atoms with Crippen LogP contribution in [0.2, 0.25) is 5.15 Å². The zero-order valence-corrected chi connectivity index (χ0v) is 14.1. The van der Waals surface area contributed by atoms with E-state index < -0.39 is 6.10 Å². The van der Waals surface area contributed by atoms with Crippen LogP contribution in [0.4, 0.5) is 0 Å². The molecule has 0 aliphatic rings. The minimum absolute atomic E-state index is 0.228. The maximum atomic E-state index is 10.7. The van der Waals surface area contributed by atoms with E-state index in [2.05, 4.69) is 44.9 Å². The fourth-order valence-electron chi connectivity index (χ4n) is 2.74. The van der Waals surface area contributed by atoms with E-state index in [4.69, 9.17) is 11.6 Å². The fraction of sp³-hybridized carbons (Fsp3) is 0.471. The van der Waals surface area contributed by atoms with Crippen molar-refractivity contribution in [1.82, 2.24) is 9.78 Å². The molecule has 0 radical (unpaired) electrons. The molecule has 0 fully saturated rings. The minimum atomic E-state index is -0.636. The largest absolute Gasteiger partial charge is 0.388 e. The van der Waals surface area contributed by atoms with Gasteiger partial charge in [0, 0.05) is 19.0 Å².